The Labute approximate surface area is 249 Å². The molecule has 1 saturated heterocycles. The molecule has 0 aliphatic carbocycles. The van der Waals surface area contributed by atoms with Crippen LogP contribution in [0.4, 0.5) is 4.79 Å². The summed E-state index contributed by atoms with van der Waals surface area (Å²) in [6, 6.07) is 6.32. The maximum absolute atomic E-state index is 13.4. The van der Waals surface area contributed by atoms with Crippen LogP contribution in [0.2, 0.25) is 0 Å². The average molecular weight is 619 g/mol. The zero-order valence-corrected chi connectivity index (χ0v) is 24.8. The normalized spacial score (nSPS) is 18.9. The first-order chi connectivity index (χ1) is 19.9. The van der Waals surface area contributed by atoms with Crippen molar-refractivity contribution in [2.24, 2.45) is 0 Å². The third kappa shape index (κ3) is 6.87. The van der Waals surface area contributed by atoms with Crippen LogP contribution in [-0.2, 0) is 23.9 Å². The van der Waals surface area contributed by atoms with E-state index in [2.05, 4.69) is 26.0 Å². The summed E-state index contributed by atoms with van der Waals surface area (Å²) in [6.07, 6.45) is -0.808. The molecule has 0 saturated carbocycles. The number of hydrogen-bond donors (Lipinski definition) is 4. The van der Waals surface area contributed by atoms with Crippen LogP contribution < -0.4 is 10.6 Å². The number of carboxylic acid groups (broad SMARTS) is 1. The third-order valence-corrected chi connectivity index (χ3v) is 8.39. The summed E-state index contributed by atoms with van der Waals surface area (Å²) in [7, 11) is 0. The van der Waals surface area contributed by atoms with Crippen LogP contribution in [-0.4, -0.2) is 90.4 Å². The Morgan fingerprint density at radius 1 is 1.24 bits per heavy atom. The number of nitrogens with zero attached hydrogens (tertiary/aromatic N) is 3. The van der Waals surface area contributed by atoms with Gasteiger partial charge in [-0.05, 0) is 38.8 Å². The Morgan fingerprint density at radius 3 is 2.60 bits per heavy atom. The minimum Gasteiger partial charge on any atom is -0.477 e. The first kappa shape index (κ1) is 30.9. The van der Waals surface area contributed by atoms with E-state index < -0.39 is 52.9 Å². The fourth-order valence-corrected chi connectivity index (χ4v) is 6.61. The molecule has 0 bridgehead atoms. The van der Waals surface area contributed by atoms with Gasteiger partial charge in [0.15, 0.2) is 0 Å². The van der Waals surface area contributed by atoms with E-state index >= 15 is 0 Å². The van der Waals surface area contributed by atoms with E-state index in [1.54, 1.807) is 58.0 Å². The fraction of sp³-hybridized carbons (Fsp3) is 0.423. The van der Waals surface area contributed by atoms with E-state index in [-0.39, 0.29) is 29.5 Å². The summed E-state index contributed by atoms with van der Waals surface area (Å²) in [5, 5.41) is 24.8. The van der Waals surface area contributed by atoms with E-state index in [0.717, 1.165) is 16.7 Å². The monoisotopic (exact) mass is 618 g/mol. The number of H-pyrrole nitrogens is 1. The van der Waals surface area contributed by atoms with Gasteiger partial charge in [-0.3, -0.25) is 19.6 Å². The summed E-state index contributed by atoms with van der Waals surface area (Å²) in [6.45, 7) is 6.89. The number of amides is 3. The number of fused-ring (bicyclic) bond motifs is 1. The predicted molar refractivity (Wildman–Crippen MR) is 151 cm³/mol. The molecule has 0 radical (unpaired) electrons. The van der Waals surface area contributed by atoms with Gasteiger partial charge in [-0.1, -0.05) is 47.3 Å². The van der Waals surface area contributed by atoms with E-state index in [1.165, 1.54) is 11.8 Å². The number of aliphatic carboxylic acids is 1. The fourth-order valence-electron chi connectivity index (χ4n) is 4.21. The number of hydrogen-bond acceptors (Lipinski definition) is 11. The highest BCUT2D eigenvalue weighted by atomic mass is 32.2. The van der Waals surface area contributed by atoms with Crippen molar-refractivity contribution < 1.29 is 38.6 Å². The number of aromatic nitrogens is 3. The Kier molecular flexibility index (Phi) is 9.46. The van der Waals surface area contributed by atoms with Crippen LogP contribution in [0.25, 0.3) is 0 Å². The molecule has 1 aromatic carbocycles. The van der Waals surface area contributed by atoms with E-state index in [9.17, 15) is 29.1 Å². The lowest BCUT2D eigenvalue weighted by atomic mass is 10.0. The first-order valence-electron chi connectivity index (χ1n) is 12.9. The van der Waals surface area contributed by atoms with Crippen LogP contribution in [0.5, 0.6) is 0 Å². The molecule has 3 amide bonds. The number of aromatic amines is 1. The molecule has 3 heterocycles. The summed E-state index contributed by atoms with van der Waals surface area (Å²) in [5.41, 5.74) is -0.0731. The number of ether oxygens (including phenoxy) is 2. The summed E-state index contributed by atoms with van der Waals surface area (Å²) in [4.78, 5) is 64.6. The second-order valence-corrected chi connectivity index (χ2v) is 12.2. The Morgan fingerprint density at radius 2 is 1.95 bits per heavy atom. The predicted octanol–water partition coefficient (Wildman–Crippen LogP) is 2.08. The van der Waals surface area contributed by atoms with Gasteiger partial charge in [0.25, 0.3) is 5.91 Å². The van der Waals surface area contributed by atoms with Gasteiger partial charge in [-0.25, -0.2) is 14.4 Å². The second kappa shape index (κ2) is 12.9. The van der Waals surface area contributed by atoms with Crippen LogP contribution in [0.1, 0.15) is 49.8 Å². The summed E-state index contributed by atoms with van der Waals surface area (Å²) >= 11 is 2.40. The highest BCUT2D eigenvalue weighted by Gasteiger charge is 2.54. The largest absolute Gasteiger partial charge is 0.477 e. The molecule has 1 fully saturated rings. The van der Waals surface area contributed by atoms with Crippen molar-refractivity contribution in [2.75, 3.05) is 18.1 Å². The Balaban J connectivity index is 1.48. The lowest BCUT2D eigenvalue weighted by molar-refractivity contribution is -0.151. The lowest BCUT2D eigenvalue weighted by Crippen LogP contribution is -2.71. The summed E-state index contributed by atoms with van der Waals surface area (Å²) < 4.78 is 10.3. The minimum atomic E-state index is -1.30. The minimum absolute atomic E-state index is 0.0172. The van der Waals surface area contributed by atoms with Crippen LogP contribution in [0.3, 0.4) is 0 Å². The molecule has 42 heavy (non-hydrogen) atoms. The number of thioether (sulfide) groups is 2. The number of alkyl carbamates (subject to hydrolysis) is 1. The molecule has 4 rings (SSSR count). The van der Waals surface area contributed by atoms with E-state index in [0.29, 0.717) is 16.2 Å². The molecule has 224 valence electrons. The zero-order chi connectivity index (χ0) is 30.6. The molecule has 2 aliphatic heterocycles. The van der Waals surface area contributed by atoms with Crippen molar-refractivity contribution in [3.05, 3.63) is 52.9 Å². The Hall–Kier alpha value is -4.05. The highest BCUT2D eigenvalue weighted by molar-refractivity contribution is 8.01. The van der Waals surface area contributed by atoms with Gasteiger partial charge in [-0.15, -0.1) is 16.9 Å². The SMILES string of the molecule is CCOC(=O)c1nn[nH]c1SCC1=C(C(=O)O)N2C(=O)C(NC(=O)C(NC(=O)OC(C)(C)C)c3ccccc3)[C@@H]2SC1. The lowest BCUT2D eigenvalue weighted by Gasteiger charge is -2.49. The van der Waals surface area contributed by atoms with Gasteiger partial charge >= 0.3 is 18.0 Å². The Bertz CT molecular complexity index is 1410. The summed E-state index contributed by atoms with van der Waals surface area (Å²) in [5.74, 6) is -2.81. The third-order valence-electron chi connectivity index (χ3n) is 5.98. The van der Waals surface area contributed by atoms with Gasteiger partial charge < -0.3 is 25.2 Å². The van der Waals surface area contributed by atoms with Crippen molar-refractivity contribution in [3.8, 4) is 0 Å². The molecule has 14 nitrogen and oxygen atoms in total. The van der Waals surface area contributed by atoms with Crippen LogP contribution >= 0.6 is 23.5 Å². The maximum Gasteiger partial charge on any atom is 0.408 e. The number of carbonyl (C=O) groups excluding carboxylic acids is 4. The van der Waals surface area contributed by atoms with Gasteiger partial charge in [0.2, 0.25) is 11.6 Å². The zero-order valence-electron chi connectivity index (χ0n) is 23.2. The molecule has 4 N–H and O–H groups in total. The molecule has 2 unspecified atom stereocenters. The van der Waals surface area contributed by atoms with E-state index in [1.807, 2.05) is 0 Å². The molecule has 2 aliphatic rings. The smallest absolute Gasteiger partial charge is 0.408 e. The quantitative estimate of drug-likeness (QED) is 0.172. The average Bonchev–Trinajstić information content (AvgIpc) is 3.41. The van der Waals surface area contributed by atoms with Crippen LogP contribution in [0, 0.1) is 0 Å². The van der Waals surface area contributed by atoms with Crippen LogP contribution in [0.15, 0.2) is 46.6 Å². The number of carbonyl (C=O) groups is 5. The standard InChI is InChI=1S/C26H30N6O8S2/c1-5-39-24(37)16-20(30-31-29-16)41-11-14-12-42-22-17(21(34)32(22)18(14)23(35)36)27-19(33)15(13-9-7-6-8-10-13)28-25(38)40-26(2,3)4/h6-10,15,17,22H,5,11-12H2,1-4H3,(H,27,33)(H,28,38)(H,35,36)(H,29,30,31)/t15?,17?,22-/m0/s1. The van der Waals surface area contributed by atoms with Crippen molar-refractivity contribution in [1.29, 1.82) is 0 Å². The van der Waals surface area contributed by atoms with Gasteiger partial charge in [0.1, 0.15) is 33.8 Å². The molecule has 0 spiro atoms. The first-order valence-corrected chi connectivity index (χ1v) is 14.9. The van der Waals surface area contributed by atoms with Gasteiger partial charge in [0.05, 0.1) is 6.61 Å². The highest BCUT2D eigenvalue weighted by Crippen LogP contribution is 2.41. The number of esters is 1. The van der Waals surface area contributed by atoms with Gasteiger partial charge in [-0.2, -0.15) is 0 Å². The molecule has 1 aromatic heterocycles. The topological polar surface area (TPSA) is 193 Å². The van der Waals surface area contributed by atoms with Crippen molar-refractivity contribution in [2.45, 2.75) is 55.8 Å². The number of β-lactam (4-membered cyclic amide) rings is 1. The van der Waals surface area contributed by atoms with Crippen molar-refractivity contribution in [1.82, 2.24) is 30.9 Å². The second-order valence-electron chi connectivity index (χ2n) is 10.1. The van der Waals surface area contributed by atoms with Crippen molar-refractivity contribution in [3.63, 3.8) is 0 Å². The molecular formula is C26H30N6O8S2. The van der Waals surface area contributed by atoms with Crippen molar-refractivity contribution >= 4 is 53.4 Å². The molecule has 2 aromatic rings. The number of rotatable bonds is 10. The number of nitrogens with one attached hydrogen (secondary N) is 3. The molecular weight excluding hydrogens is 588 g/mol. The number of carboxylic acids is 1. The molecule has 3 atom stereocenters. The van der Waals surface area contributed by atoms with Gasteiger partial charge in [0, 0.05) is 11.5 Å². The maximum atomic E-state index is 13.4. The number of benzene rings is 1. The van der Waals surface area contributed by atoms with E-state index in [4.69, 9.17) is 9.47 Å². The molecule has 16 heteroatoms.